The van der Waals surface area contributed by atoms with Gasteiger partial charge in [-0.1, -0.05) is 0 Å². The van der Waals surface area contributed by atoms with E-state index in [0.29, 0.717) is 6.04 Å². The quantitative estimate of drug-likeness (QED) is 0.594. The van der Waals surface area contributed by atoms with Gasteiger partial charge in [-0.25, -0.2) is 5.43 Å². The molecule has 1 unspecified atom stereocenters. The van der Waals surface area contributed by atoms with Crippen LogP contribution in [0.25, 0.3) is 0 Å². The summed E-state index contributed by atoms with van der Waals surface area (Å²) in [6.07, 6.45) is 4.22. The van der Waals surface area contributed by atoms with Crippen LogP contribution in [0.5, 0.6) is 0 Å². The van der Waals surface area contributed by atoms with Gasteiger partial charge in [0, 0.05) is 12.2 Å². The van der Waals surface area contributed by atoms with Crippen molar-refractivity contribution in [3.05, 3.63) is 12.3 Å². The average Bonchev–Trinajstić information content (AvgIpc) is 2.13. The first kappa shape index (κ1) is 7.57. The van der Waals surface area contributed by atoms with E-state index in [1.165, 1.54) is 0 Å². The van der Waals surface area contributed by atoms with Gasteiger partial charge in [0.15, 0.2) is 0 Å². The van der Waals surface area contributed by atoms with Gasteiger partial charge < -0.3 is 5.01 Å². The molecule has 0 bridgehead atoms. The fourth-order valence-corrected chi connectivity index (χ4v) is 0.973. The summed E-state index contributed by atoms with van der Waals surface area (Å²) in [5, 5.41) is 2.07. The monoisotopic (exact) mass is 141 g/mol. The molecule has 3 nitrogen and oxygen atoms in total. The average molecular weight is 141 g/mol. The molecule has 0 aromatic carbocycles. The van der Waals surface area contributed by atoms with E-state index in [0.717, 1.165) is 6.67 Å². The first-order valence-corrected chi connectivity index (χ1v) is 3.54. The van der Waals surface area contributed by atoms with Gasteiger partial charge in [0.25, 0.3) is 0 Å². The molecule has 0 aromatic rings. The fraction of sp³-hybridized carbons (Fsp3) is 0.714. The lowest BCUT2D eigenvalue weighted by molar-refractivity contribution is 0.182. The maximum absolute atomic E-state index is 3.27. The summed E-state index contributed by atoms with van der Waals surface area (Å²) in [5.74, 6) is 0. The molecule has 0 amide bonds. The third-order valence-corrected chi connectivity index (χ3v) is 1.36. The Kier molecular flexibility index (Phi) is 2.29. The van der Waals surface area contributed by atoms with E-state index in [4.69, 9.17) is 0 Å². The van der Waals surface area contributed by atoms with Gasteiger partial charge in [-0.15, -0.1) is 0 Å². The Hall–Kier alpha value is -0.540. The van der Waals surface area contributed by atoms with Crippen LogP contribution in [0, 0.1) is 0 Å². The predicted molar refractivity (Wildman–Crippen MR) is 42.1 cm³/mol. The first-order chi connectivity index (χ1) is 4.68. The minimum atomic E-state index is 0.486. The van der Waals surface area contributed by atoms with E-state index in [2.05, 4.69) is 48.6 Å². The molecule has 0 saturated carbocycles. The summed E-state index contributed by atoms with van der Waals surface area (Å²) >= 11 is 0. The highest BCUT2D eigenvalue weighted by Crippen LogP contribution is 1.99. The van der Waals surface area contributed by atoms with Crippen molar-refractivity contribution in [3.63, 3.8) is 0 Å². The van der Waals surface area contributed by atoms with Gasteiger partial charge in [-0.2, -0.15) is 0 Å². The lowest BCUT2D eigenvalue weighted by Gasteiger charge is -2.21. The molecule has 1 aliphatic heterocycles. The first-order valence-electron chi connectivity index (χ1n) is 3.54. The van der Waals surface area contributed by atoms with Crippen LogP contribution in [0.2, 0.25) is 0 Å². The standard InChI is InChI=1S/C7H15N3/c1-7-4-5-10(8-7)6-9(2)3/h4-5,7-8H,6H2,1-3H3. The van der Waals surface area contributed by atoms with E-state index in [1.54, 1.807) is 0 Å². The second kappa shape index (κ2) is 3.03. The number of nitrogens with zero attached hydrogens (tertiary/aromatic N) is 2. The predicted octanol–water partition coefficient (Wildman–Crippen LogP) is 0.228. The number of hydrogen-bond donors (Lipinski definition) is 1. The number of hydrazine groups is 1. The zero-order valence-corrected chi connectivity index (χ0v) is 6.83. The van der Waals surface area contributed by atoms with E-state index >= 15 is 0 Å². The second-order valence-electron chi connectivity index (χ2n) is 2.95. The minimum absolute atomic E-state index is 0.486. The van der Waals surface area contributed by atoms with Crippen LogP contribution in [0.15, 0.2) is 12.3 Å². The molecule has 3 heteroatoms. The van der Waals surface area contributed by atoms with E-state index in [-0.39, 0.29) is 0 Å². The van der Waals surface area contributed by atoms with Crippen LogP contribution in [-0.4, -0.2) is 36.7 Å². The maximum atomic E-state index is 3.27. The zero-order chi connectivity index (χ0) is 7.56. The van der Waals surface area contributed by atoms with Crippen molar-refractivity contribution in [2.75, 3.05) is 20.8 Å². The molecular formula is C7H15N3. The topological polar surface area (TPSA) is 18.5 Å². The van der Waals surface area contributed by atoms with Crippen LogP contribution in [0.3, 0.4) is 0 Å². The lowest BCUT2D eigenvalue weighted by Crippen LogP contribution is -2.39. The Bertz CT molecular complexity index is 131. The van der Waals surface area contributed by atoms with Crippen molar-refractivity contribution in [1.82, 2.24) is 15.3 Å². The van der Waals surface area contributed by atoms with Crippen molar-refractivity contribution in [3.8, 4) is 0 Å². The minimum Gasteiger partial charge on any atom is -0.301 e. The van der Waals surface area contributed by atoms with Gasteiger partial charge in [-0.3, -0.25) is 4.90 Å². The normalized spacial score (nSPS) is 24.8. The fourth-order valence-electron chi connectivity index (χ4n) is 0.973. The smallest absolute Gasteiger partial charge is 0.0851 e. The van der Waals surface area contributed by atoms with Crippen molar-refractivity contribution in [2.45, 2.75) is 13.0 Å². The lowest BCUT2D eigenvalue weighted by atomic mass is 10.4. The van der Waals surface area contributed by atoms with Crippen LogP contribution in [-0.2, 0) is 0 Å². The van der Waals surface area contributed by atoms with E-state index in [1.807, 2.05) is 0 Å². The highest BCUT2D eigenvalue weighted by molar-refractivity contribution is 4.95. The Balaban J connectivity index is 2.26. The van der Waals surface area contributed by atoms with Gasteiger partial charge >= 0.3 is 0 Å². The number of rotatable bonds is 2. The molecule has 0 fully saturated rings. The van der Waals surface area contributed by atoms with Crippen LogP contribution >= 0.6 is 0 Å². The maximum Gasteiger partial charge on any atom is 0.0851 e. The van der Waals surface area contributed by atoms with E-state index < -0.39 is 0 Å². The summed E-state index contributed by atoms with van der Waals surface area (Å²) in [6, 6.07) is 0.486. The van der Waals surface area contributed by atoms with Crippen molar-refractivity contribution >= 4 is 0 Å². The van der Waals surface area contributed by atoms with Crippen molar-refractivity contribution < 1.29 is 0 Å². The molecule has 1 aliphatic rings. The molecule has 1 heterocycles. The van der Waals surface area contributed by atoms with Gasteiger partial charge in [0.2, 0.25) is 0 Å². The van der Waals surface area contributed by atoms with Crippen molar-refractivity contribution in [1.29, 1.82) is 0 Å². The Labute approximate surface area is 62.3 Å². The Morgan fingerprint density at radius 2 is 2.30 bits per heavy atom. The Morgan fingerprint density at radius 3 is 2.70 bits per heavy atom. The van der Waals surface area contributed by atoms with Crippen LogP contribution < -0.4 is 5.43 Å². The Morgan fingerprint density at radius 1 is 1.60 bits per heavy atom. The molecule has 0 spiro atoms. The molecular weight excluding hydrogens is 126 g/mol. The molecule has 0 aliphatic carbocycles. The molecule has 58 valence electrons. The molecule has 0 radical (unpaired) electrons. The van der Waals surface area contributed by atoms with Crippen LogP contribution in [0.4, 0.5) is 0 Å². The zero-order valence-electron chi connectivity index (χ0n) is 6.83. The highest BCUT2D eigenvalue weighted by atomic mass is 15.6. The largest absolute Gasteiger partial charge is 0.301 e. The molecule has 10 heavy (non-hydrogen) atoms. The molecule has 0 saturated heterocycles. The molecule has 1 rings (SSSR count). The van der Waals surface area contributed by atoms with Gasteiger partial charge in [0.1, 0.15) is 0 Å². The summed E-state index contributed by atoms with van der Waals surface area (Å²) < 4.78 is 0. The second-order valence-corrected chi connectivity index (χ2v) is 2.95. The molecule has 0 aromatic heterocycles. The summed E-state index contributed by atoms with van der Waals surface area (Å²) in [5.41, 5.74) is 3.27. The van der Waals surface area contributed by atoms with E-state index in [9.17, 15) is 0 Å². The summed E-state index contributed by atoms with van der Waals surface area (Å²) in [4.78, 5) is 2.12. The number of nitrogens with one attached hydrogen (secondary N) is 1. The SMILES string of the molecule is CC1C=CN(CN(C)C)N1. The van der Waals surface area contributed by atoms with Crippen molar-refractivity contribution in [2.24, 2.45) is 0 Å². The number of hydrogen-bond acceptors (Lipinski definition) is 3. The molecule has 1 atom stereocenters. The highest BCUT2D eigenvalue weighted by Gasteiger charge is 2.09. The third kappa shape index (κ3) is 2.01. The summed E-state index contributed by atoms with van der Waals surface area (Å²) in [7, 11) is 4.11. The van der Waals surface area contributed by atoms with Crippen LogP contribution in [0.1, 0.15) is 6.92 Å². The third-order valence-electron chi connectivity index (χ3n) is 1.36. The molecule has 1 N–H and O–H groups in total. The summed E-state index contributed by atoms with van der Waals surface area (Å²) in [6.45, 7) is 3.06. The van der Waals surface area contributed by atoms with Gasteiger partial charge in [-0.05, 0) is 27.1 Å². The van der Waals surface area contributed by atoms with Gasteiger partial charge in [0.05, 0.1) is 6.67 Å².